The normalized spacial score (nSPS) is 14.9. The highest BCUT2D eigenvalue weighted by molar-refractivity contribution is 7.84. The van der Waals surface area contributed by atoms with Crippen LogP contribution in [0.3, 0.4) is 0 Å². The summed E-state index contributed by atoms with van der Waals surface area (Å²) in [4.78, 5) is 1.92. The Morgan fingerprint density at radius 3 is 1.92 bits per heavy atom. The van der Waals surface area contributed by atoms with Crippen molar-refractivity contribution >= 4 is 10.8 Å². The summed E-state index contributed by atoms with van der Waals surface area (Å²) in [7, 11) is 2.88. The van der Waals surface area contributed by atoms with Gasteiger partial charge >= 0.3 is 0 Å². The Kier molecular flexibility index (Phi) is 11.1. The molecule has 0 spiro atoms. The molecule has 2 unspecified atom stereocenters. The van der Waals surface area contributed by atoms with Crippen LogP contribution in [0, 0.1) is 0 Å². The summed E-state index contributed by atoms with van der Waals surface area (Å²) in [6.07, 6.45) is 1.62. The molecule has 0 rings (SSSR count). The van der Waals surface area contributed by atoms with Gasteiger partial charge in [0, 0.05) is 23.6 Å². The van der Waals surface area contributed by atoms with E-state index in [0.29, 0.717) is 6.54 Å². The number of nitrogens with zero attached hydrogens (tertiary/aromatic N) is 1. The molecular weight excluding hydrogens is 174 g/mol. The molecule has 0 aromatic carbocycles. The van der Waals surface area contributed by atoms with Gasteiger partial charge in [0.2, 0.25) is 0 Å². The van der Waals surface area contributed by atoms with E-state index in [2.05, 4.69) is 0 Å². The number of aliphatic hydroxyl groups is 1. The van der Waals surface area contributed by atoms with Crippen LogP contribution in [0.1, 0.15) is 13.8 Å². The lowest BCUT2D eigenvalue weighted by atomic mass is 10.4. The second kappa shape index (κ2) is 9.16. The second-order valence-corrected chi connectivity index (χ2v) is 4.23. The van der Waals surface area contributed by atoms with E-state index in [9.17, 15) is 4.21 Å². The minimum absolute atomic E-state index is 0.00128. The highest BCUT2D eigenvalue weighted by atomic mass is 32.2. The first-order valence-electron chi connectivity index (χ1n) is 4.15. The number of rotatable bonds is 4. The molecule has 76 valence electrons. The van der Waals surface area contributed by atoms with Gasteiger partial charge in [0.15, 0.2) is 0 Å². The standard InChI is InChI=1S/C6H15NO2S.C2H6/c1-7(2)4-6(5-8)10(3)9;1-2/h6,8H,4-5H2,1-3H3;1-2H3. The second-order valence-electron chi connectivity index (χ2n) is 2.57. The zero-order valence-corrected chi connectivity index (χ0v) is 9.52. The van der Waals surface area contributed by atoms with Crippen molar-refractivity contribution in [1.29, 1.82) is 0 Å². The Hall–Kier alpha value is 0.0700. The van der Waals surface area contributed by atoms with E-state index >= 15 is 0 Å². The molecule has 2 atom stereocenters. The molecule has 0 radical (unpaired) electrons. The molecule has 0 aliphatic heterocycles. The zero-order valence-electron chi connectivity index (χ0n) is 8.70. The third-order valence-corrected chi connectivity index (χ3v) is 2.48. The maximum absolute atomic E-state index is 10.8. The number of aliphatic hydroxyl groups excluding tert-OH is 1. The molecule has 0 saturated heterocycles. The Morgan fingerprint density at radius 2 is 1.83 bits per heavy atom. The van der Waals surface area contributed by atoms with Crippen LogP contribution in [0.15, 0.2) is 0 Å². The van der Waals surface area contributed by atoms with Gasteiger partial charge in [0.05, 0.1) is 11.9 Å². The molecule has 0 aromatic rings. The van der Waals surface area contributed by atoms with Gasteiger partial charge in [-0.25, -0.2) is 0 Å². The molecule has 0 saturated carbocycles. The summed E-state index contributed by atoms with van der Waals surface area (Å²) in [5, 5.41) is 8.62. The monoisotopic (exact) mass is 195 g/mol. The molecule has 1 N–H and O–H groups in total. The summed E-state index contributed by atoms with van der Waals surface area (Å²) in [5.41, 5.74) is 0. The predicted molar refractivity (Wildman–Crippen MR) is 54.8 cm³/mol. The highest BCUT2D eigenvalue weighted by Gasteiger charge is 2.11. The smallest absolute Gasteiger partial charge is 0.0702 e. The van der Waals surface area contributed by atoms with Gasteiger partial charge in [-0.05, 0) is 14.1 Å². The lowest BCUT2D eigenvalue weighted by Crippen LogP contribution is -2.31. The third-order valence-electron chi connectivity index (χ3n) is 1.24. The largest absolute Gasteiger partial charge is 0.395 e. The van der Waals surface area contributed by atoms with Crippen molar-refractivity contribution in [2.24, 2.45) is 0 Å². The van der Waals surface area contributed by atoms with Crippen molar-refractivity contribution in [3.63, 3.8) is 0 Å². The first-order valence-corrected chi connectivity index (χ1v) is 5.78. The summed E-state index contributed by atoms with van der Waals surface area (Å²) in [5.74, 6) is 0. The topological polar surface area (TPSA) is 40.5 Å². The average Bonchev–Trinajstić information content (AvgIpc) is 2.03. The quantitative estimate of drug-likeness (QED) is 0.702. The van der Waals surface area contributed by atoms with Crippen molar-refractivity contribution < 1.29 is 9.32 Å². The van der Waals surface area contributed by atoms with Crippen LogP contribution < -0.4 is 0 Å². The van der Waals surface area contributed by atoms with E-state index in [1.54, 1.807) is 6.26 Å². The van der Waals surface area contributed by atoms with E-state index < -0.39 is 10.8 Å². The van der Waals surface area contributed by atoms with Gasteiger partial charge in [-0.15, -0.1) is 0 Å². The van der Waals surface area contributed by atoms with Gasteiger partial charge < -0.3 is 10.0 Å². The maximum atomic E-state index is 10.8. The maximum Gasteiger partial charge on any atom is 0.0702 e. The van der Waals surface area contributed by atoms with Crippen LogP contribution in [-0.4, -0.2) is 53.0 Å². The molecule has 0 heterocycles. The van der Waals surface area contributed by atoms with Crippen molar-refractivity contribution in [2.45, 2.75) is 19.1 Å². The van der Waals surface area contributed by atoms with Crippen molar-refractivity contribution in [2.75, 3.05) is 33.5 Å². The minimum Gasteiger partial charge on any atom is -0.395 e. The number of hydrogen-bond donors (Lipinski definition) is 1. The van der Waals surface area contributed by atoms with Crippen LogP contribution in [0.4, 0.5) is 0 Å². The first-order chi connectivity index (χ1) is 5.57. The Balaban J connectivity index is 0. The van der Waals surface area contributed by atoms with E-state index in [-0.39, 0.29) is 11.9 Å². The molecular formula is C8H21NO2S. The van der Waals surface area contributed by atoms with Crippen LogP contribution in [0.5, 0.6) is 0 Å². The molecule has 4 heteroatoms. The van der Waals surface area contributed by atoms with E-state index in [0.717, 1.165) is 0 Å². The first kappa shape index (κ1) is 14.6. The summed E-state index contributed by atoms with van der Waals surface area (Å²) >= 11 is 0. The minimum atomic E-state index is -0.916. The molecule has 0 bridgehead atoms. The molecule has 0 fully saturated rings. The van der Waals surface area contributed by atoms with E-state index in [1.807, 2.05) is 32.8 Å². The predicted octanol–water partition coefficient (Wildman–Crippen LogP) is 0.314. The van der Waals surface area contributed by atoms with Gasteiger partial charge in [-0.2, -0.15) is 0 Å². The Bertz CT molecular complexity index is 118. The van der Waals surface area contributed by atoms with Gasteiger partial charge in [0.1, 0.15) is 0 Å². The lowest BCUT2D eigenvalue weighted by molar-refractivity contribution is 0.267. The van der Waals surface area contributed by atoms with Gasteiger partial charge in [0.25, 0.3) is 0 Å². The molecule has 0 amide bonds. The average molecular weight is 195 g/mol. The molecule has 3 nitrogen and oxygen atoms in total. The zero-order chi connectivity index (χ0) is 10.1. The number of hydrogen-bond acceptors (Lipinski definition) is 3. The lowest BCUT2D eigenvalue weighted by Gasteiger charge is -2.15. The van der Waals surface area contributed by atoms with Gasteiger partial charge in [-0.1, -0.05) is 13.8 Å². The summed E-state index contributed by atoms with van der Waals surface area (Å²) < 4.78 is 10.8. The van der Waals surface area contributed by atoms with Crippen LogP contribution in [0.2, 0.25) is 0 Å². The van der Waals surface area contributed by atoms with Crippen LogP contribution >= 0.6 is 0 Å². The van der Waals surface area contributed by atoms with E-state index in [4.69, 9.17) is 5.11 Å². The highest BCUT2D eigenvalue weighted by Crippen LogP contribution is 1.93. The SMILES string of the molecule is CC.CN(C)CC(CO)S(C)=O. The van der Waals surface area contributed by atoms with Crippen molar-refractivity contribution in [3.8, 4) is 0 Å². The van der Waals surface area contributed by atoms with Crippen molar-refractivity contribution in [3.05, 3.63) is 0 Å². The fourth-order valence-corrected chi connectivity index (χ4v) is 1.39. The third kappa shape index (κ3) is 8.17. The summed E-state index contributed by atoms with van der Waals surface area (Å²) in [6.45, 7) is 4.68. The Morgan fingerprint density at radius 1 is 1.42 bits per heavy atom. The molecule has 12 heavy (non-hydrogen) atoms. The molecule has 0 aliphatic carbocycles. The van der Waals surface area contributed by atoms with Crippen LogP contribution in [-0.2, 0) is 10.8 Å². The van der Waals surface area contributed by atoms with Gasteiger partial charge in [-0.3, -0.25) is 4.21 Å². The Labute approximate surface area is 78.2 Å². The fourth-order valence-electron chi connectivity index (χ4n) is 0.675. The van der Waals surface area contributed by atoms with Crippen LogP contribution in [0.25, 0.3) is 0 Å². The fraction of sp³-hybridized carbons (Fsp3) is 1.00. The summed E-state index contributed by atoms with van der Waals surface area (Å²) in [6, 6.07) is 0. The molecule has 0 aliphatic rings. The van der Waals surface area contributed by atoms with Crippen molar-refractivity contribution in [1.82, 2.24) is 4.90 Å². The molecule has 0 aromatic heterocycles. The van der Waals surface area contributed by atoms with E-state index in [1.165, 1.54) is 0 Å².